The lowest BCUT2D eigenvalue weighted by atomic mass is 10.1. The lowest BCUT2D eigenvalue weighted by molar-refractivity contribution is 0.0446. The highest BCUT2D eigenvalue weighted by Crippen LogP contribution is 2.41. The molecule has 1 aliphatic heterocycles. The van der Waals surface area contributed by atoms with Crippen LogP contribution in [0.5, 0.6) is 0 Å². The van der Waals surface area contributed by atoms with Crippen LogP contribution in [0.1, 0.15) is 74.8 Å². The minimum Gasteiger partial charge on any atom is -0.465 e. The largest absolute Gasteiger partial charge is 0.465 e. The number of hydrogen-bond donors (Lipinski definition) is 0. The first-order valence-electron chi connectivity index (χ1n) is 11.1. The molecule has 0 radical (unpaired) electrons. The molecule has 11 heteroatoms. The second-order valence-corrected chi connectivity index (χ2v) is 11.1. The van der Waals surface area contributed by atoms with Crippen LogP contribution in [0.15, 0.2) is 16.5 Å². The lowest BCUT2D eigenvalue weighted by Crippen LogP contribution is -2.14. The predicted octanol–water partition coefficient (Wildman–Crippen LogP) is 3.02. The van der Waals surface area contributed by atoms with Crippen LogP contribution in [0.2, 0.25) is 0 Å². The number of esters is 2. The smallest absolute Gasteiger partial charge is 0.341 e. The zero-order valence-corrected chi connectivity index (χ0v) is 20.0. The molecule has 1 saturated heterocycles. The highest BCUT2D eigenvalue weighted by atomic mass is 32.2. The first kappa shape index (κ1) is 22.6. The van der Waals surface area contributed by atoms with Crippen molar-refractivity contribution >= 4 is 32.8 Å². The molecule has 1 aliphatic carbocycles. The van der Waals surface area contributed by atoms with E-state index in [1.54, 1.807) is 24.6 Å². The minimum atomic E-state index is -3.12. The number of nitrogens with zero attached hydrogens (tertiary/aromatic N) is 3. The Labute approximate surface area is 196 Å². The molecule has 0 amide bonds. The maximum atomic E-state index is 13.2. The topological polar surface area (TPSA) is 131 Å². The minimum absolute atomic E-state index is 0.0126. The Morgan fingerprint density at radius 2 is 1.91 bits per heavy atom. The maximum absolute atomic E-state index is 13.2. The number of ether oxygens (including phenoxy) is 2. The fraction of sp³-hybridized carbons (Fsp3) is 0.478. The van der Waals surface area contributed by atoms with Crippen LogP contribution in [0.25, 0.3) is 11.0 Å². The number of hydrogen-bond acceptors (Lipinski definition) is 9. The molecule has 10 nitrogen and oxygen atoms in total. The molecule has 0 bridgehead atoms. The average molecular weight is 488 g/mol. The molecule has 180 valence electrons. The first-order chi connectivity index (χ1) is 16.2. The molecular formula is C23H25N3O7S. The third kappa shape index (κ3) is 4.08. The van der Waals surface area contributed by atoms with Crippen molar-refractivity contribution in [3.63, 3.8) is 0 Å². The van der Waals surface area contributed by atoms with Crippen molar-refractivity contribution < 1.29 is 31.9 Å². The molecule has 2 aliphatic rings. The molecule has 0 N–H and O–H groups in total. The number of aromatic nitrogens is 3. The van der Waals surface area contributed by atoms with E-state index in [1.165, 1.54) is 13.2 Å². The first-order valence-corrected chi connectivity index (χ1v) is 12.9. The van der Waals surface area contributed by atoms with E-state index in [-0.39, 0.29) is 35.6 Å². The second kappa shape index (κ2) is 8.23. The predicted molar refractivity (Wildman–Crippen MR) is 120 cm³/mol. The summed E-state index contributed by atoms with van der Waals surface area (Å²) in [5.41, 5.74) is 2.50. The molecule has 0 spiro atoms. The van der Waals surface area contributed by atoms with Gasteiger partial charge in [-0.05, 0) is 45.2 Å². The zero-order chi connectivity index (χ0) is 24.2. The van der Waals surface area contributed by atoms with Gasteiger partial charge in [0.1, 0.15) is 23.7 Å². The van der Waals surface area contributed by atoms with Crippen molar-refractivity contribution in [1.29, 1.82) is 0 Å². The van der Waals surface area contributed by atoms with Gasteiger partial charge in [-0.1, -0.05) is 0 Å². The molecule has 3 aromatic rings. The van der Waals surface area contributed by atoms with Gasteiger partial charge in [0.2, 0.25) is 0 Å². The van der Waals surface area contributed by atoms with E-state index in [2.05, 4.69) is 5.10 Å². The summed E-state index contributed by atoms with van der Waals surface area (Å²) in [5.74, 6) is 0.00319. The highest BCUT2D eigenvalue weighted by Gasteiger charge is 2.34. The van der Waals surface area contributed by atoms with E-state index in [4.69, 9.17) is 18.9 Å². The van der Waals surface area contributed by atoms with Gasteiger partial charge in [0, 0.05) is 11.6 Å². The number of carbonyl (C=O) groups is 2. The van der Waals surface area contributed by atoms with Crippen LogP contribution < -0.4 is 0 Å². The molecule has 3 aromatic heterocycles. The van der Waals surface area contributed by atoms with Crippen LogP contribution >= 0.6 is 0 Å². The van der Waals surface area contributed by atoms with E-state index in [9.17, 15) is 18.0 Å². The molecule has 5 rings (SSSR count). The summed E-state index contributed by atoms with van der Waals surface area (Å²) in [4.78, 5) is 29.8. The summed E-state index contributed by atoms with van der Waals surface area (Å²) in [6.45, 7) is 3.25. The van der Waals surface area contributed by atoms with E-state index in [0.29, 0.717) is 40.2 Å². The molecule has 34 heavy (non-hydrogen) atoms. The normalized spacial score (nSPS) is 19.4. The van der Waals surface area contributed by atoms with Gasteiger partial charge in [-0.15, -0.1) is 0 Å². The number of furan rings is 1. The third-order valence-electron chi connectivity index (χ3n) is 6.35. The van der Waals surface area contributed by atoms with Crippen molar-refractivity contribution in [3.05, 3.63) is 46.2 Å². The standard InChI is InChI=1S/C23H25N3O7S/c1-12-20-18(23(28)32-10-16-8-17(13(2)33-16)22(27)31-3)9-19(14-4-5-14)24-21(20)26(25-12)15-6-7-34(29,30)11-15/h8-9,14-15H,4-7,10-11H2,1-3H3. The summed E-state index contributed by atoms with van der Waals surface area (Å²) in [6, 6.07) is 2.94. The van der Waals surface area contributed by atoms with Crippen LogP contribution in [-0.4, -0.2) is 53.7 Å². The summed E-state index contributed by atoms with van der Waals surface area (Å²) in [7, 11) is -1.83. The van der Waals surface area contributed by atoms with Crippen molar-refractivity contribution in [2.24, 2.45) is 0 Å². The Balaban J connectivity index is 1.48. The van der Waals surface area contributed by atoms with Crippen LogP contribution in [0.4, 0.5) is 0 Å². The molecule has 1 unspecified atom stereocenters. The van der Waals surface area contributed by atoms with Gasteiger partial charge in [0.15, 0.2) is 15.5 Å². The van der Waals surface area contributed by atoms with Crippen molar-refractivity contribution in [2.75, 3.05) is 18.6 Å². The summed E-state index contributed by atoms with van der Waals surface area (Å²) in [6.07, 6.45) is 2.44. The molecule has 0 aromatic carbocycles. The molecule has 1 saturated carbocycles. The van der Waals surface area contributed by atoms with Crippen molar-refractivity contribution in [1.82, 2.24) is 14.8 Å². The van der Waals surface area contributed by atoms with Gasteiger partial charge in [-0.2, -0.15) is 5.10 Å². The molecule has 1 atom stereocenters. The number of rotatable bonds is 6. The second-order valence-electron chi connectivity index (χ2n) is 8.90. The average Bonchev–Trinajstić information content (AvgIpc) is 3.39. The summed E-state index contributed by atoms with van der Waals surface area (Å²) < 4.78 is 41.6. The van der Waals surface area contributed by atoms with Crippen LogP contribution in [0, 0.1) is 13.8 Å². The Morgan fingerprint density at radius 3 is 2.56 bits per heavy atom. The van der Waals surface area contributed by atoms with Crippen molar-refractivity contribution in [2.45, 2.75) is 51.7 Å². The van der Waals surface area contributed by atoms with Crippen LogP contribution in [-0.2, 0) is 25.9 Å². The molecule has 2 fully saturated rings. The Bertz CT molecular complexity index is 1420. The number of carbonyl (C=O) groups excluding carboxylic acids is 2. The van der Waals surface area contributed by atoms with Gasteiger partial charge in [0.25, 0.3) is 0 Å². The number of pyridine rings is 1. The van der Waals surface area contributed by atoms with Gasteiger partial charge in [-0.25, -0.2) is 27.7 Å². The van der Waals surface area contributed by atoms with E-state index in [1.807, 2.05) is 0 Å². The maximum Gasteiger partial charge on any atom is 0.341 e. The Morgan fingerprint density at radius 1 is 1.15 bits per heavy atom. The molecular weight excluding hydrogens is 462 g/mol. The Hall–Kier alpha value is -3.21. The number of sulfone groups is 1. The highest BCUT2D eigenvalue weighted by molar-refractivity contribution is 7.91. The lowest BCUT2D eigenvalue weighted by Gasteiger charge is -2.11. The quantitative estimate of drug-likeness (QED) is 0.481. The zero-order valence-electron chi connectivity index (χ0n) is 19.2. The fourth-order valence-electron chi connectivity index (χ4n) is 4.45. The van der Waals surface area contributed by atoms with Gasteiger partial charge >= 0.3 is 11.9 Å². The SMILES string of the molecule is COC(=O)c1cc(COC(=O)c2cc(C3CC3)nc3c2c(C)nn3C2CCS(=O)(=O)C2)oc1C. The fourth-order valence-corrected chi connectivity index (χ4v) is 6.14. The number of aryl methyl sites for hydroxylation is 2. The van der Waals surface area contributed by atoms with Gasteiger partial charge < -0.3 is 13.9 Å². The molecule has 4 heterocycles. The van der Waals surface area contributed by atoms with E-state index >= 15 is 0 Å². The van der Waals surface area contributed by atoms with Crippen molar-refractivity contribution in [3.8, 4) is 0 Å². The summed E-state index contributed by atoms with van der Waals surface area (Å²) in [5, 5.41) is 5.14. The monoisotopic (exact) mass is 487 g/mol. The summed E-state index contributed by atoms with van der Waals surface area (Å²) >= 11 is 0. The van der Waals surface area contributed by atoms with Gasteiger partial charge in [-0.3, -0.25) is 0 Å². The number of methoxy groups -OCH3 is 1. The van der Waals surface area contributed by atoms with Crippen LogP contribution in [0.3, 0.4) is 0 Å². The Kier molecular flexibility index (Phi) is 5.46. The van der Waals surface area contributed by atoms with Gasteiger partial charge in [0.05, 0.1) is 41.3 Å². The number of fused-ring (bicyclic) bond motifs is 1. The third-order valence-corrected chi connectivity index (χ3v) is 8.10. The van der Waals surface area contributed by atoms with E-state index in [0.717, 1.165) is 18.5 Å². The van der Waals surface area contributed by atoms with E-state index < -0.39 is 21.8 Å².